The van der Waals surface area contributed by atoms with E-state index in [0.29, 0.717) is 18.8 Å². The Hall–Kier alpha value is -2.29. The fourth-order valence-corrected chi connectivity index (χ4v) is 6.26. The number of nitrogens with one attached hydrogen (secondary N) is 1. The Bertz CT molecular complexity index is 967. The van der Waals surface area contributed by atoms with Crippen molar-refractivity contribution >= 4 is 23.3 Å². The number of hydrogen-bond acceptors (Lipinski definition) is 6. The molecule has 2 aromatic rings. The summed E-state index contributed by atoms with van der Waals surface area (Å²) in [6, 6.07) is 9.64. The summed E-state index contributed by atoms with van der Waals surface area (Å²) in [6.45, 7) is 5.87. The van der Waals surface area contributed by atoms with Gasteiger partial charge in [-0.2, -0.15) is 0 Å². The number of rotatable bonds is 6. The highest BCUT2D eigenvalue weighted by atomic mass is 32.1. The maximum Gasteiger partial charge on any atom is 0.325 e. The molecule has 3 fully saturated rings. The molecule has 3 amide bonds. The van der Waals surface area contributed by atoms with E-state index < -0.39 is 5.54 Å². The van der Waals surface area contributed by atoms with E-state index in [0.717, 1.165) is 45.3 Å². The van der Waals surface area contributed by atoms with E-state index >= 15 is 0 Å². The molecule has 0 saturated carbocycles. The number of urea groups is 1. The SMILES string of the molecule is Cc1ccc(CN2CCC([C@@]3(c4ccccn4)NC(=O)N(C[C@H]4CCCO4)C3=O)CC2)s1. The number of hydrogen-bond donors (Lipinski definition) is 1. The minimum absolute atomic E-state index is 0.00432. The minimum Gasteiger partial charge on any atom is -0.376 e. The summed E-state index contributed by atoms with van der Waals surface area (Å²) in [5.74, 6) is -0.173. The van der Waals surface area contributed by atoms with Crippen molar-refractivity contribution in [2.75, 3.05) is 26.2 Å². The molecule has 2 atom stereocenters. The Morgan fingerprint density at radius 1 is 1.19 bits per heavy atom. The number of imide groups is 1. The van der Waals surface area contributed by atoms with E-state index in [1.54, 1.807) is 6.20 Å². The number of amides is 3. The highest BCUT2D eigenvalue weighted by molar-refractivity contribution is 7.11. The Morgan fingerprint density at radius 3 is 2.69 bits per heavy atom. The van der Waals surface area contributed by atoms with Crippen LogP contribution < -0.4 is 5.32 Å². The fourth-order valence-electron chi connectivity index (χ4n) is 5.32. The highest BCUT2D eigenvalue weighted by Crippen LogP contribution is 2.41. The Kier molecular flexibility index (Phi) is 6.01. The smallest absolute Gasteiger partial charge is 0.325 e. The third-order valence-corrected chi connectivity index (χ3v) is 7.97. The van der Waals surface area contributed by atoms with Crippen LogP contribution in [0.2, 0.25) is 0 Å². The summed E-state index contributed by atoms with van der Waals surface area (Å²) in [5, 5.41) is 3.10. The minimum atomic E-state index is -1.09. The van der Waals surface area contributed by atoms with Crippen molar-refractivity contribution in [3.8, 4) is 0 Å². The molecule has 0 unspecified atom stereocenters. The lowest BCUT2D eigenvalue weighted by atomic mass is 9.75. The van der Waals surface area contributed by atoms with E-state index in [-0.39, 0.29) is 24.0 Å². The van der Waals surface area contributed by atoms with Crippen LogP contribution >= 0.6 is 11.3 Å². The zero-order valence-corrected chi connectivity index (χ0v) is 19.3. The second kappa shape index (κ2) is 8.92. The van der Waals surface area contributed by atoms with E-state index in [1.165, 1.54) is 14.7 Å². The molecule has 2 aromatic heterocycles. The van der Waals surface area contributed by atoms with Crippen LogP contribution in [0.4, 0.5) is 4.79 Å². The number of ether oxygens (including phenoxy) is 1. The number of carbonyl (C=O) groups excluding carboxylic acids is 2. The number of aromatic nitrogens is 1. The van der Waals surface area contributed by atoms with Gasteiger partial charge in [-0.3, -0.25) is 19.6 Å². The van der Waals surface area contributed by atoms with Crippen LogP contribution in [-0.2, 0) is 21.6 Å². The van der Waals surface area contributed by atoms with Gasteiger partial charge in [0.25, 0.3) is 5.91 Å². The molecule has 5 rings (SSSR count). The van der Waals surface area contributed by atoms with Crippen LogP contribution in [0.25, 0.3) is 0 Å². The second-order valence-corrected chi connectivity index (χ2v) is 10.4. The zero-order valence-electron chi connectivity index (χ0n) is 18.5. The number of carbonyl (C=O) groups is 2. The molecule has 32 heavy (non-hydrogen) atoms. The van der Waals surface area contributed by atoms with Gasteiger partial charge < -0.3 is 10.1 Å². The first kappa shape index (κ1) is 21.6. The molecule has 0 bridgehead atoms. The first-order chi connectivity index (χ1) is 15.6. The van der Waals surface area contributed by atoms with Gasteiger partial charge in [0.1, 0.15) is 0 Å². The van der Waals surface area contributed by atoms with Gasteiger partial charge in [0.2, 0.25) is 0 Å². The van der Waals surface area contributed by atoms with E-state index in [9.17, 15) is 9.59 Å². The number of piperidine rings is 1. The summed E-state index contributed by atoms with van der Waals surface area (Å²) in [7, 11) is 0. The molecule has 0 aliphatic carbocycles. The molecular weight excluding hydrogens is 424 g/mol. The highest BCUT2D eigenvalue weighted by Gasteiger charge is 2.58. The first-order valence-electron chi connectivity index (χ1n) is 11.5. The summed E-state index contributed by atoms with van der Waals surface area (Å²) >= 11 is 1.84. The number of likely N-dealkylation sites (tertiary alicyclic amines) is 1. The molecule has 3 aliphatic heterocycles. The standard InChI is InChI=1S/C24H30N4O3S/c1-17-7-8-20(32-17)16-27-12-9-18(10-13-27)24(21-6-2-3-11-25-21)22(29)28(23(30)26-24)15-19-5-4-14-31-19/h2-3,6-8,11,18-19H,4-5,9-10,12-16H2,1H3,(H,26,30)/t19-,24+/m1/s1. The van der Waals surface area contributed by atoms with Gasteiger partial charge in [-0.25, -0.2) is 4.79 Å². The van der Waals surface area contributed by atoms with Crippen LogP contribution in [0, 0.1) is 12.8 Å². The van der Waals surface area contributed by atoms with Gasteiger partial charge >= 0.3 is 6.03 Å². The van der Waals surface area contributed by atoms with Crippen LogP contribution in [-0.4, -0.2) is 59.1 Å². The Morgan fingerprint density at radius 2 is 2.03 bits per heavy atom. The van der Waals surface area contributed by atoms with Crippen molar-refractivity contribution in [2.45, 2.75) is 50.8 Å². The quantitative estimate of drug-likeness (QED) is 0.678. The summed E-state index contributed by atoms with van der Waals surface area (Å²) in [5.41, 5.74) is -0.455. The van der Waals surface area contributed by atoms with Crippen molar-refractivity contribution in [1.82, 2.24) is 20.1 Å². The van der Waals surface area contributed by atoms with Gasteiger partial charge in [-0.05, 0) is 75.9 Å². The lowest BCUT2D eigenvalue weighted by Gasteiger charge is -2.40. The molecule has 5 heterocycles. The molecule has 8 heteroatoms. The fraction of sp³-hybridized carbons (Fsp3) is 0.542. The lowest BCUT2D eigenvalue weighted by molar-refractivity contribution is -0.135. The Balaban J connectivity index is 1.36. The van der Waals surface area contributed by atoms with Gasteiger partial charge in [0, 0.05) is 29.1 Å². The van der Waals surface area contributed by atoms with Crippen LogP contribution in [0.15, 0.2) is 36.5 Å². The topological polar surface area (TPSA) is 74.8 Å². The van der Waals surface area contributed by atoms with E-state index in [1.807, 2.05) is 29.5 Å². The first-order valence-corrected chi connectivity index (χ1v) is 12.3. The number of aryl methyl sites for hydroxylation is 1. The van der Waals surface area contributed by atoms with Crippen molar-refractivity contribution in [3.63, 3.8) is 0 Å². The molecule has 170 valence electrons. The zero-order chi connectivity index (χ0) is 22.1. The summed E-state index contributed by atoms with van der Waals surface area (Å²) < 4.78 is 5.71. The van der Waals surface area contributed by atoms with Gasteiger partial charge in [-0.1, -0.05) is 6.07 Å². The predicted octanol–water partition coefficient (Wildman–Crippen LogP) is 3.29. The predicted molar refractivity (Wildman–Crippen MR) is 122 cm³/mol. The van der Waals surface area contributed by atoms with E-state index in [2.05, 4.69) is 34.3 Å². The molecular formula is C24H30N4O3S. The Labute approximate surface area is 192 Å². The van der Waals surface area contributed by atoms with Crippen LogP contribution in [0.3, 0.4) is 0 Å². The third-order valence-electron chi connectivity index (χ3n) is 6.99. The summed E-state index contributed by atoms with van der Waals surface area (Å²) in [6.07, 6.45) is 5.16. The van der Waals surface area contributed by atoms with Crippen molar-refractivity contribution in [1.29, 1.82) is 0 Å². The van der Waals surface area contributed by atoms with Crippen molar-refractivity contribution < 1.29 is 14.3 Å². The average molecular weight is 455 g/mol. The monoisotopic (exact) mass is 454 g/mol. The molecule has 0 spiro atoms. The molecule has 1 N–H and O–H groups in total. The number of thiophene rings is 1. The average Bonchev–Trinajstić information content (AvgIpc) is 3.53. The third kappa shape index (κ3) is 3.95. The molecule has 3 aliphatic rings. The normalized spacial score (nSPS) is 27.3. The van der Waals surface area contributed by atoms with Gasteiger partial charge in [0.15, 0.2) is 5.54 Å². The van der Waals surface area contributed by atoms with Crippen molar-refractivity contribution in [2.24, 2.45) is 5.92 Å². The molecule has 7 nitrogen and oxygen atoms in total. The molecule has 0 aromatic carbocycles. The van der Waals surface area contributed by atoms with Crippen LogP contribution in [0.5, 0.6) is 0 Å². The number of nitrogens with zero attached hydrogens (tertiary/aromatic N) is 3. The van der Waals surface area contributed by atoms with E-state index in [4.69, 9.17) is 4.74 Å². The largest absolute Gasteiger partial charge is 0.376 e. The van der Waals surface area contributed by atoms with Gasteiger partial charge in [0.05, 0.1) is 18.3 Å². The number of pyridine rings is 1. The van der Waals surface area contributed by atoms with Crippen molar-refractivity contribution in [3.05, 3.63) is 52.0 Å². The van der Waals surface area contributed by atoms with Gasteiger partial charge in [-0.15, -0.1) is 11.3 Å². The summed E-state index contributed by atoms with van der Waals surface area (Å²) in [4.78, 5) is 37.9. The second-order valence-electron chi connectivity index (χ2n) is 9.07. The maximum absolute atomic E-state index is 13.8. The van der Waals surface area contributed by atoms with Crippen LogP contribution in [0.1, 0.15) is 41.1 Å². The lowest BCUT2D eigenvalue weighted by Crippen LogP contribution is -2.54. The maximum atomic E-state index is 13.8. The molecule has 3 saturated heterocycles. The molecule has 0 radical (unpaired) electrons.